The molecule has 9 heavy (non-hydrogen) atoms. The third-order valence-corrected chi connectivity index (χ3v) is 0.997. The second-order valence-electron chi connectivity index (χ2n) is 1.81. The Hall–Kier alpha value is -0.520. The van der Waals surface area contributed by atoms with Crippen molar-refractivity contribution >= 4 is 0 Å². The van der Waals surface area contributed by atoms with Crippen molar-refractivity contribution in [3.63, 3.8) is 0 Å². The molecular formula is C9H18. The third-order valence-electron chi connectivity index (χ3n) is 0.997. The van der Waals surface area contributed by atoms with Crippen LogP contribution in [0.1, 0.15) is 33.6 Å². The van der Waals surface area contributed by atoms with Crippen LogP contribution >= 0.6 is 0 Å². The van der Waals surface area contributed by atoms with Crippen LogP contribution in [0.3, 0.4) is 0 Å². The Balaban J connectivity index is 0. The van der Waals surface area contributed by atoms with E-state index in [9.17, 15) is 0 Å². The molecule has 0 nitrogen and oxygen atoms in total. The maximum absolute atomic E-state index is 3.57. The van der Waals surface area contributed by atoms with Crippen LogP contribution in [0.25, 0.3) is 0 Å². The van der Waals surface area contributed by atoms with Crippen LogP contribution in [-0.2, 0) is 0 Å². The Morgan fingerprint density at radius 2 is 2.11 bits per heavy atom. The molecule has 0 unspecified atom stereocenters. The highest BCUT2D eigenvalue weighted by atomic mass is 13.8. The molecule has 0 amide bonds. The van der Waals surface area contributed by atoms with Crippen LogP contribution in [0, 0.1) is 0 Å². The van der Waals surface area contributed by atoms with Crippen molar-refractivity contribution in [2.45, 2.75) is 33.6 Å². The van der Waals surface area contributed by atoms with Gasteiger partial charge in [0.05, 0.1) is 0 Å². The quantitative estimate of drug-likeness (QED) is 0.399. The van der Waals surface area contributed by atoms with Gasteiger partial charge >= 0.3 is 0 Å². The van der Waals surface area contributed by atoms with Crippen LogP contribution in [0.15, 0.2) is 24.8 Å². The molecule has 0 heteroatoms. The summed E-state index contributed by atoms with van der Waals surface area (Å²) in [4.78, 5) is 0. The largest absolute Gasteiger partial charge is 0.0991 e. The van der Waals surface area contributed by atoms with Crippen LogP contribution in [0.4, 0.5) is 0 Å². The molecule has 0 aliphatic carbocycles. The molecule has 0 aromatic heterocycles. The highest BCUT2D eigenvalue weighted by molar-refractivity contribution is 4.96. The summed E-state index contributed by atoms with van der Waals surface area (Å²) in [7, 11) is 0. The lowest BCUT2D eigenvalue weighted by Gasteiger charge is -1.84. The van der Waals surface area contributed by atoms with Gasteiger partial charge in [-0.1, -0.05) is 52.0 Å². The van der Waals surface area contributed by atoms with Gasteiger partial charge in [0, 0.05) is 0 Å². The van der Waals surface area contributed by atoms with Gasteiger partial charge in [-0.2, -0.15) is 0 Å². The van der Waals surface area contributed by atoms with Gasteiger partial charge in [0.2, 0.25) is 0 Å². The van der Waals surface area contributed by atoms with Crippen LogP contribution < -0.4 is 0 Å². The highest BCUT2D eigenvalue weighted by Crippen LogP contribution is 1.93. The lowest BCUT2D eigenvalue weighted by molar-refractivity contribution is 0.815. The molecule has 0 saturated heterocycles. The number of hydrogen-bond donors (Lipinski definition) is 0. The van der Waals surface area contributed by atoms with Gasteiger partial charge < -0.3 is 0 Å². The third kappa shape index (κ3) is 11.2. The Morgan fingerprint density at radius 3 is 2.56 bits per heavy atom. The fraction of sp³-hybridized carbons (Fsp3) is 0.556. The number of unbranched alkanes of at least 4 members (excludes halogenated alkanes) is 2. The zero-order chi connectivity index (χ0) is 6.24. The predicted octanol–water partition coefficient (Wildman–Crippen LogP) is 3.55. The van der Waals surface area contributed by atoms with Crippen molar-refractivity contribution in [1.82, 2.24) is 0 Å². The van der Waals surface area contributed by atoms with Crippen LogP contribution in [-0.4, -0.2) is 0 Å². The van der Waals surface area contributed by atoms with Crippen molar-refractivity contribution < 1.29 is 0 Å². The van der Waals surface area contributed by atoms with Gasteiger partial charge in [-0.25, -0.2) is 0 Å². The highest BCUT2D eigenvalue weighted by Gasteiger charge is 1.73. The number of rotatable bonds is 4. The summed E-state index contributed by atoms with van der Waals surface area (Å²) in [5, 5.41) is 0. The first-order valence-electron chi connectivity index (χ1n) is 3.19. The van der Waals surface area contributed by atoms with E-state index in [2.05, 4.69) is 19.6 Å². The Labute approximate surface area is 59.3 Å². The van der Waals surface area contributed by atoms with Gasteiger partial charge in [0.25, 0.3) is 0 Å². The van der Waals surface area contributed by atoms with Crippen molar-refractivity contribution in [3.05, 3.63) is 24.8 Å². The van der Waals surface area contributed by atoms with E-state index in [1.54, 1.807) is 0 Å². The molecule has 0 aliphatic heterocycles. The topological polar surface area (TPSA) is 0 Å². The standard InChI is InChI=1S/C8H14.CH4/c1-3-5-7-8-6-4-2;/h3,5,7H,1,4,6,8H2,2H3;1H4. The van der Waals surface area contributed by atoms with Crippen molar-refractivity contribution in [2.75, 3.05) is 0 Å². The van der Waals surface area contributed by atoms with Gasteiger partial charge in [-0.15, -0.1) is 0 Å². The molecule has 0 rings (SSSR count). The Morgan fingerprint density at radius 1 is 1.44 bits per heavy atom. The van der Waals surface area contributed by atoms with Crippen molar-refractivity contribution in [3.8, 4) is 0 Å². The van der Waals surface area contributed by atoms with E-state index < -0.39 is 0 Å². The fourth-order valence-corrected chi connectivity index (χ4v) is 0.514. The van der Waals surface area contributed by atoms with E-state index in [1.807, 2.05) is 12.2 Å². The van der Waals surface area contributed by atoms with E-state index in [0.717, 1.165) is 0 Å². The molecule has 0 spiro atoms. The second kappa shape index (κ2) is 10.5. The minimum absolute atomic E-state index is 0. The average molecular weight is 126 g/mol. The summed E-state index contributed by atoms with van der Waals surface area (Å²) >= 11 is 0. The second-order valence-corrected chi connectivity index (χ2v) is 1.81. The number of allylic oxidation sites excluding steroid dienone is 3. The molecule has 0 saturated carbocycles. The molecule has 0 aromatic carbocycles. The summed E-state index contributed by atoms with van der Waals surface area (Å²) in [6, 6.07) is 0. The van der Waals surface area contributed by atoms with Crippen LogP contribution in [0.5, 0.6) is 0 Å². The molecule has 0 bridgehead atoms. The summed E-state index contributed by atoms with van der Waals surface area (Å²) in [5.74, 6) is 0. The predicted molar refractivity (Wildman–Crippen MR) is 45.6 cm³/mol. The van der Waals surface area contributed by atoms with Crippen molar-refractivity contribution in [1.29, 1.82) is 0 Å². The minimum atomic E-state index is 0. The molecular weight excluding hydrogens is 108 g/mol. The molecule has 54 valence electrons. The maximum Gasteiger partial charge on any atom is -0.0348 e. The van der Waals surface area contributed by atoms with Crippen molar-refractivity contribution in [2.24, 2.45) is 0 Å². The molecule has 0 atom stereocenters. The SMILES string of the molecule is C.C=CC=CCCCC. The first-order chi connectivity index (χ1) is 3.91. The van der Waals surface area contributed by atoms with E-state index in [4.69, 9.17) is 0 Å². The summed E-state index contributed by atoms with van der Waals surface area (Å²) in [5.41, 5.74) is 0. The minimum Gasteiger partial charge on any atom is -0.0991 e. The lowest BCUT2D eigenvalue weighted by Crippen LogP contribution is -1.64. The van der Waals surface area contributed by atoms with E-state index >= 15 is 0 Å². The molecule has 0 radical (unpaired) electrons. The smallest absolute Gasteiger partial charge is 0.0348 e. The average Bonchev–Trinajstić information content (AvgIpc) is 1.81. The Kier molecular flexibility index (Phi) is 13.1. The fourth-order valence-electron chi connectivity index (χ4n) is 0.514. The molecule has 0 fully saturated rings. The normalized spacial score (nSPS) is 9.00. The molecule has 0 heterocycles. The van der Waals surface area contributed by atoms with Crippen LogP contribution in [0.2, 0.25) is 0 Å². The molecule has 0 aromatic rings. The Bertz CT molecular complexity index is 70.1. The molecule has 0 aliphatic rings. The molecule has 0 N–H and O–H groups in total. The zero-order valence-corrected chi connectivity index (χ0v) is 5.56. The zero-order valence-electron chi connectivity index (χ0n) is 5.56. The van der Waals surface area contributed by atoms with Gasteiger partial charge in [0.1, 0.15) is 0 Å². The van der Waals surface area contributed by atoms with E-state index in [-0.39, 0.29) is 7.43 Å². The monoisotopic (exact) mass is 126 g/mol. The van der Waals surface area contributed by atoms with Gasteiger partial charge in [-0.3, -0.25) is 0 Å². The first-order valence-corrected chi connectivity index (χ1v) is 3.19. The summed E-state index contributed by atoms with van der Waals surface area (Å²) in [6.07, 6.45) is 9.73. The van der Waals surface area contributed by atoms with Gasteiger partial charge in [0.15, 0.2) is 0 Å². The number of hydrogen-bond acceptors (Lipinski definition) is 0. The summed E-state index contributed by atoms with van der Waals surface area (Å²) in [6.45, 7) is 5.77. The summed E-state index contributed by atoms with van der Waals surface area (Å²) < 4.78 is 0. The van der Waals surface area contributed by atoms with E-state index in [1.165, 1.54) is 19.3 Å². The van der Waals surface area contributed by atoms with E-state index in [0.29, 0.717) is 0 Å². The van der Waals surface area contributed by atoms with Gasteiger partial charge in [-0.05, 0) is 6.42 Å². The lowest BCUT2D eigenvalue weighted by atomic mass is 10.2. The first kappa shape index (κ1) is 11.3. The maximum atomic E-state index is 3.57.